The maximum absolute atomic E-state index is 13.6. The first-order valence-corrected chi connectivity index (χ1v) is 9.82. The van der Waals surface area contributed by atoms with E-state index < -0.39 is 11.9 Å². The number of anilines is 1. The number of fused-ring (bicyclic) bond motifs is 2. The molecule has 0 aromatic heterocycles. The zero-order valence-corrected chi connectivity index (χ0v) is 17.4. The summed E-state index contributed by atoms with van der Waals surface area (Å²) in [4.78, 5) is 25.5. The van der Waals surface area contributed by atoms with Crippen molar-refractivity contribution >= 4 is 17.5 Å². The number of quaternary nitrogens is 1. The number of rotatable bonds is 5. The number of nitrogens with one attached hydrogen (secondary N) is 1. The Morgan fingerprint density at radius 2 is 2.07 bits per heavy atom. The largest absolute Gasteiger partial charge is 0.492 e. The van der Waals surface area contributed by atoms with Gasteiger partial charge in [0.2, 0.25) is 12.5 Å². The van der Waals surface area contributed by atoms with Crippen molar-refractivity contribution in [2.24, 2.45) is 5.73 Å². The van der Waals surface area contributed by atoms with Crippen molar-refractivity contribution in [3.05, 3.63) is 47.0 Å². The molecule has 0 radical (unpaired) electrons. The van der Waals surface area contributed by atoms with Gasteiger partial charge in [-0.05, 0) is 30.2 Å². The van der Waals surface area contributed by atoms with Crippen LogP contribution in [0.1, 0.15) is 22.7 Å². The summed E-state index contributed by atoms with van der Waals surface area (Å²) in [5.41, 5.74) is 8.89. The van der Waals surface area contributed by atoms with Crippen LogP contribution in [0.3, 0.4) is 0 Å². The Hall–Kier alpha value is -3.26. The van der Waals surface area contributed by atoms with Crippen LogP contribution in [-0.2, 0) is 16.0 Å². The van der Waals surface area contributed by atoms with Gasteiger partial charge in [-0.3, -0.25) is 9.59 Å². The topological polar surface area (TPSA) is 99.9 Å². The van der Waals surface area contributed by atoms with Crippen molar-refractivity contribution in [2.45, 2.75) is 19.4 Å². The van der Waals surface area contributed by atoms with E-state index in [4.69, 9.17) is 19.9 Å². The van der Waals surface area contributed by atoms with Crippen LogP contribution in [0.25, 0.3) is 0 Å². The van der Waals surface area contributed by atoms with E-state index in [1.165, 1.54) is 0 Å². The molecule has 2 heterocycles. The molecule has 0 unspecified atom stereocenters. The van der Waals surface area contributed by atoms with E-state index in [2.05, 4.69) is 5.32 Å². The number of methoxy groups -OCH3 is 1. The van der Waals surface area contributed by atoms with Gasteiger partial charge in [0.15, 0.2) is 24.1 Å². The SMILES string of the molecule is COc1c2c(cc3c1[C@H](C(=O)Nc1ccccc1C)[N@+](C)(CC(N)=O)CC3)OCO2. The van der Waals surface area contributed by atoms with Crippen molar-refractivity contribution in [2.75, 3.05) is 39.4 Å². The first-order valence-electron chi connectivity index (χ1n) is 9.82. The summed E-state index contributed by atoms with van der Waals surface area (Å²) in [6.07, 6.45) is 0.653. The fourth-order valence-electron chi connectivity index (χ4n) is 4.46. The van der Waals surface area contributed by atoms with Gasteiger partial charge in [0.25, 0.3) is 11.8 Å². The molecule has 0 saturated heterocycles. The van der Waals surface area contributed by atoms with Crippen molar-refractivity contribution < 1.29 is 28.3 Å². The molecule has 2 atom stereocenters. The fourth-order valence-corrected chi connectivity index (χ4v) is 4.46. The maximum Gasteiger partial charge on any atom is 0.287 e. The third-order valence-electron chi connectivity index (χ3n) is 5.90. The number of nitrogens with zero attached hydrogens (tertiary/aromatic N) is 1. The molecule has 2 aromatic carbocycles. The Labute approximate surface area is 175 Å². The standard InChI is InChI=1S/C22H25N3O5/c1-13-6-4-5-7-15(13)24-22(27)19-18-14(8-9-25(19,2)11-17(23)26)10-16-20(21(18)28-3)30-12-29-16/h4-7,10,19H,8-9,11-12H2,1-3H3,(H2-,23,24,26,27)/p+1/t19-,25+/m1/s1. The van der Waals surface area contributed by atoms with E-state index in [1.54, 1.807) is 7.11 Å². The normalized spacial score (nSPS) is 21.6. The van der Waals surface area contributed by atoms with Gasteiger partial charge >= 0.3 is 0 Å². The monoisotopic (exact) mass is 412 g/mol. The molecule has 158 valence electrons. The van der Waals surface area contributed by atoms with Crippen molar-refractivity contribution in [1.29, 1.82) is 0 Å². The molecule has 0 fully saturated rings. The number of aryl methyl sites for hydroxylation is 1. The number of hydrogen-bond acceptors (Lipinski definition) is 5. The van der Waals surface area contributed by atoms with Crippen molar-refractivity contribution in [3.63, 3.8) is 0 Å². The van der Waals surface area contributed by atoms with Gasteiger partial charge in [-0.1, -0.05) is 18.2 Å². The van der Waals surface area contributed by atoms with Crippen LogP contribution in [0.5, 0.6) is 17.2 Å². The van der Waals surface area contributed by atoms with Crippen LogP contribution < -0.4 is 25.3 Å². The molecule has 0 saturated carbocycles. The fraction of sp³-hybridized carbons (Fsp3) is 0.364. The van der Waals surface area contributed by atoms with Gasteiger partial charge < -0.3 is 29.7 Å². The molecule has 2 aliphatic heterocycles. The van der Waals surface area contributed by atoms with Gasteiger partial charge in [0.1, 0.15) is 0 Å². The third kappa shape index (κ3) is 3.33. The number of likely N-dealkylation sites (N-methyl/N-ethyl adjacent to an activating group) is 1. The van der Waals surface area contributed by atoms with E-state index in [1.807, 2.05) is 44.3 Å². The number of para-hydroxylation sites is 1. The predicted molar refractivity (Wildman–Crippen MR) is 110 cm³/mol. The Morgan fingerprint density at radius 3 is 2.77 bits per heavy atom. The van der Waals surface area contributed by atoms with E-state index in [-0.39, 0.29) is 23.7 Å². The summed E-state index contributed by atoms with van der Waals surface area (Å²) in [6.45, 7) is 2.64. The minimum Gasteiger partial charge on any atom is -0.492 e. The minimum absolute atomic E-state index is 0.0306. The number of carbonyl (C=O) groups is 2. The molecule has 4 rings (SSSR count). The number of carbonyl (C=O) groups excluding carboxylic acids is 2. The highest BCUT2D eigenvalue weighted by atomic mass is 16.7. The van der Waals surface area contributed by atoms with Crippen molar-refractivity contribution in [3.8, 4) is 17.2 Å². The van der Waals surface area contributed by atoms with Crippen LogP contribution >= 0.6 is 0 Å². The van der Waals surface area contributed by atoms with Gasteiger partial charge in [-0.2, -0.15) is 0 Å². The minimum atomic E-state index is -0.703. The lowest BCUT2D eigenvalue weighted by Crippen LogP contribution is -2.58. The lowest BCUT2D eigenvalue weighted by atomic mass is 9.88. The highest BCUT2D eigenvalue weighted by Crippen LogP contribution is 2.51. The lowest BCUT2D eigenvalue weighted by molar-refractivity contribution is -0.924. The second-order valence-electron chi connectivity index (χ2n) is 8.00. The quantitative estimate of drug-likeness (QED) is 0.731. The molecule has 0 bridgehead atoms. The summed E-state index contributed by atoms with van der Waals surface area (Å²) >= 11 is 0. The zero-order valence-electron chi connectivity index (χ0n) is 17.4. The predicted octanol–water partition coefficient (Wildman–Crippen LogP) is 1.90. The highest BCUT2D eigenvalue weighted by Gasteiger charge is 2.48. The molecule has 0 aliphatic carbocycles. The summed E-state index contributed by atoms with van der Waals surface area (Å²) < 4.78 is 17.0. The van der Waals surface area contributed by atoms with E-state index in [0.717, 1.165) is 16.8 Å². The van der Waals surface area contributed by atoms with Crippen LogP contribution in [0.15, 0.2) is 30.3 Å². The summed E-state index contributed by atoms with van der Waals surface area (Å²) in [6, 6.07) is 8.77. The average Bonchev–Trinajstić information content (AvgIpc) is 3.15. The number of nitrogens with two attached hydrogens (primary N) is 1. The Bertz CT molecular complexity index is 1020. The molecular weight excluding hydrogens is 386 g/mol. The molecule has 2 aromatic rings. The molecule has 8 nitrogen and oxygen atoms in total. The smallest absolute Gasteiger partial charge is 0.287 e. The van der Waals surface area contributed by atoms with Crippen LogP contribution in [0.2, 0.25) is 0 Å². The van der Waals surface area contributed by atoms with Gasteiger partial charge in [-0.15, -0.1) is 0 Å². The molecule has 2 amide bonds. The zero-order chi connectivity index (χ0) is 21.5. The Morgan fingerprint density at radius 1 is 1.30 bits per heavy atom. The maximum atomic E-state index is 13.6. The van der Waals surface area contributed by atoms with Gasteiger partial charge in [0.05, 0.1) is 26.3 Å². The van der Waals surface area contributed by atoms with Crippen LogP contribution in [0, 0.1) is 6.92 Å². The van der Waals surface area contributed by atoms with E-state index in [0.29, 0.717) is 35.8 Å². The second-order valence-corrected chi connectivity index (χ2v) is 8.00. The summed E-state index contributed by atoms with van der Waals surface area (Å²) in [5.74, 6) is 0.867. The van der Waals surface area contributed by atoms with Gasteiger partial charge in [-0.25, -0.2) is 0 Å². The third-order valence-corrected chi connectivity index (χ3v) is 5.90. The Balaban J connectivity index is 1.85. The second kappa shape index (κ2) is 7.53. The van der Waals surface area contributed by atoms with Crippen LogP contribution in [0.4, 0.5) is 5.69 Å². The van der Waals surface area contributed by atoms with Gasteiger partial charge in [0, 0.05) is 12.1 Å². The molecule has 8 heteroatoms. The Kier molecular flexibility index (Phi) is 5.03. The van der Waals surface area contributed by atoms with E-state index in [9.17, 15) is 9.59 Å². The summed E-state index contributed by atoms with van der Waals surface area (Å²) in [5, 5.41) is 3.03. The molecule has 30 heavy (non-hydrogen) atoms. The average molecular weight is 412 g/mol. The van der Waals surface area contributed by atoms with E-state index >= 15 is 0 Å². The number of ether oxygens (including phenoxy) is 3. The molecular formula is C22H26N3O5+. The first-order chi connectivity index (χ1) is 14.3. The highest BCUT2D eigenvalue weighted by molar-refractivity contribution is 5.96. The lowest BCUT2D eigenvalue weighted by Gasteiger charge is -2.44. The number of amides is 2. The molecule has 3 N–H and O–H groups in total. The van der Waals surface area contributed by atoms with Crippen LogP contribution in [-0.4, -0.2) is 50.3 Å². The summed E-state index contributed by atoms with van der Waals surface area (Å²) in [7, 11) is 3.42. The number of primary amides is 1. The first kappa shape index (κ1) is 20.0. The van der Waals surface area contributed by atoms with Crippen molar-refractivity contribution in [1.82, 2.24) is 0 Å². The molecule has 2 aliphatic rings. The number of benzene rings is 2. The molecule has 0 spiro atoms. The number of hydrogen-bond donors (Lipinski definition) is 2.